The second kappa shape index (κ2) is 2.21. The standard InChI is InChI=1S/C8H16N2O/c1-7(2)3-4-8(7,10)5-6(9)11/h3-5,10H2,1-2H3,(H2,9,11). The summed E-state index contributed by atoms with van der Waals surface area (Å²) in [7, 11) is 0. The molecule has 1 aliphatic rings. The largest absolute Gasteiger partial charge is 0.370 e. The van der Waals surface area contributed by atoms with Crippen molar-refractivity contribution in [3.8, 4) is 0 Å². The molecule has 0 aromatic carbocycles. The van der Waals surface area contributed by atoms with E-state index in [-0.39, 0.29) is 16.9 Å². The van der Waals surface area contributed by atoms with Crippen LogP contribution in [0.2, 0.25) is 0 Å². The van der Waals surface area contributed by atoms with Gasteiger partial charge in [-0.3, -0.25) is 4.79 Å². The molecule has 64 valence electrons. The first-order valence-electron chi connectivity index (χ1n) is 3.95. The van der Waals surface area contributed by atoms with Crippen LogP contribution in [-0.2, 0) is 4.79 Å². The maximum atomic E-state index is 10.6. The third kappa shape index (κ3) is 1.25. The lowest BCUT2D eigenvalue weighted by atomic mass is 9.56. The van der Waals surface area contributed by atoms with Gasteiger partial charge >= 0.3 is 0 Å². The number of hydrogen-bond donors (Lipinski definition) is 2. The summed E-state index contributed by atoms with van der Waals surface area (Å²) < 4.78 is 0. The molecule has 0 saturated heterocycles. The fourth-order valence-electron chi connectivity index (χ4n) is 1.58. The van der Waals surface area contributed by atoms with Gasteiger partial charge < -0.3 is 11.5 Å². The molecule has 1 saturated carbocycles. The third-order valence-corrected chi connectivity index (χ3v) is 3.03. The van der Waals surface area contributed by atoms with Crippen molar-refractivity contribution in [1.29, 1.82) is 0 Å². The molecule has 3 nitrogen and oxygen atoms in total. The predicted octanol–water partition coefficient (Wildman–Crippen LogP) is 0.379. The summed E-state index contributed by atoms with van der Waals surface area (Å²) in [6.45, 7) is 4.17. The number of rotatable bonds is 2. The summed E-state index contributed by atoms with van der Waals surface area (Å²) in [6, 6.07) is 0. The van der Waals surface area contributed by atoms with E-state index in [0.29, 0.717) is 6.42 Å². The van der Waals surface area contributed by atoms with Crippen LogP contribution in [0, 0.1) is 5.41 Å². The molecule has 3 heteroatoms. The fourth-order valence-corrected chi connectivity index (χ4v) is 1.58. The second-order valence-corrected chi connectivity index (χ2v) is 4.18. The van der Waals surface area contributed by atoms with Gasteiger partial charge in [-0.2, -0.15) is 0 Å². The lowest BCUT2D eigenvalue weighted by molar-refractivity contribution is -0.122. The molecule has 0 aliphatic heterocycles. The van der Waals surface area contributed by atoms with Crippen LogP contribution in [0.4, 0.5) is 0 Å². The van der Waals surface area contributed by atoms with Gasteiger partial charge in [-0.15, -0.1) is 0 Å². The van der Waals surface area contributed by atoms with E-state index in [1.54, 1.807) is 0 Å². The van der Waals surface area contributed by atoms with Gasteiger partial charge in [-0.1, -0.05) is 13.8 Å². The summed E-state index contributed by atoms with van der Waals surface area (Å²) in [5.74, 6) is -0.291. The normalized spacial score (nSPS) is 34.5. The highest BCUT2D eigenvalue weighted by molar-refractivity contribution is 5.75. The highest BCUT2D eigenvalue weighted by atomic mass is 16.1. The summed E-state index contributed by atoms with van der Waals surface area (Å²) in [6.07, 6.45) is 2.33. The molecule has 1 amide bonds. The maximum absolute atomic E-state index is 10.6. The first kappa shape index (κ1) is 8.53. The number of amides is 1. The second-order valence-electron chi connectivity index (χ2n) is 4.18. The maximum Gasteiger partial charge on any atom is 0.219 e. The summed E-state index contributed by atoms with van der Waals surface area (Å²) >= 11 is 0. The van der Waals surface area contributed by atoms with Crippen molar-refractivity contribution in [1.82, 2.24) is 0 Å². The van der Waals surface area contributed by atoms with Crippen molar-refractivity contribution in [2.75, 3.05) is 0 Å². The van der Waals surface area contributed by atoms with Crippen LogP contribution in [0.5, 0.6) is 0 Å². The Balaban J connectivity index is 2.62. The number of nitrogens with two attached hydrogens (primary N) is 2. The van der Waals surface area contributed by atoms with Crippen LogP contribution in [-0.4, -0.2) is 11.4 Å². The van der Waals surface area contributed by atoms with E-state index in [1.807, 2.05) is 0 Å². The molecule has 1 rings (SSSR count). The Bertz CT molecular complexity index is 189. The van der Waals surface area contributed by atoms with Gasteiger partial charge in [0.15, 0.2) is 0 Å². The zero-order valence-electron chi connectivity index (χ0n) is 7.18. The quantitative estimate of drug-likeness (QED) is 0.606. The molecule has 1 aliphatic carbocycles. The average Bonchev–Trinajstić information content (AvgIpc) is 1.84. The first-order chi connectivity index (χ1) is 4.87. The topological polar surface area (TPSA) is 69.1 Å². The molecular weight excluding hydrogens is 140 g/mol. The van der Waals surface area contributed by atoms with Crippen LogP contribution in [0.15, 0.2) is 0 Å². The molecule has 11 heavy (non-hydrogen) atoms. The van der Waals surface area contributed by atoms with E-state index in [4.69, 9.17) is 11.5 Å². The van der Waals surface area contributed by atoms with Gasteiger partial charge in [0, 0.05) is 12.0 Å². The monoisotopic (exact) mass is 156 g/mol. The molecule has 0 bridgehead atoms. The molecule has 4 N–H and O–H groups in total. The fraction of sp³-hybridized carbons (Fsp3) is 0.875. The molecule has 1 atom stereocenters. The van der Waals surface area contributed by atoms with Crippen molar-refractivity contribution in [2.24, 2.45) is 16.9 Å². The van der Waals surface area contributed by atoms with Gasteiger partial charge in [0.1, 0.15) is 0 Å². The molecule has 0 aromatic rings. The van der Waals surface area contributed by atoms with Crippen LogP contribution in [0.3, 0.4) is 0 Å². The van der Waals surface area contributed by atoms with E-state index < -0.39 is 0 Å². The van der Waals surface area contributed by atoms with Crippen LogP contribution < -0.4 is 11.5 Å². The number of carbonyl (C=O) groups excluding carboxylic acids is 1. The molecule has 0 radical (unpaired) electrons. The molecule has 1 fully saturated rings. The van der Waals surface area contributed by atoms with E-state index >= 15 is 0 Å². The SMILES string of the molecule is CC1(C)CCC1(N)CC(N)=O. The Kier molecular flexibility index (Phi) is 1.71. The van der Waals surface area contributed by atoms with E-state index in [0.717, 1.165) is 12.8 Å². The summed E-state index contributed by atoms with van der Waals surface area (Å²) in [5.41, 5.74) is 10.8. The molecule has 1 unspecified atom stereocenters. The van der Waals surface area contributed by atoms with Gasteiger partial charge in [0.2, 0.25) is 5.91 Å². The Labute approximate surface area is 67.1 Å². The Hall–Kier alpha value is -0.570. The Morgan fingerprint density at radius 2 is 2.00 bits per heavy atom. The molecule has 0 heterocycles. The first-order valence-corrected chi connectivity index (χ1v) is 3.95. The predicted molar refractivity (Wildman–Crippen MR) is 43.7 cm³/mol. The van der Waals surface area contributed by atoms with Crippen LogP contribution in [0.25, 0.3) is 0 Å². The van der Waals surface area contributed by atoms with Gasteiger partial charge in [-0.25, -0.2) is 0 Å². The minimum Gasteiger partial charge on any atom is -0.370 e. The van der Waals surface area contributed by atoms with Crippen molar-refractivity contribution in [2.45, 2.75) is 38.6 Å². The van der Waals surface area contributed by atoms with Gasteiger partial charge in [0.25, 0.3) is 0 Å². The average molecular weight is 156 g/mol. The number of hydrogen-bond acceptors (Lipinski definition) is 2. The van der Waals surface area contributed by atoms with Gasteiger partial charge in [-0.05, 0) is 18.3 Å². The lowest BCUT2D eigenvalue weighted by Crippen LogP contribution is -2.62. The number of carbonyl (C=O) groups is 1. The summed E-state index contributed by atoms with van der Waals surface area (Å²) in [4.78, 5) is 10.6. The minimum atomic E-state index is -0.334. The zero-order valence-corrected chi connectivity index (χ0v) is 7.18. The van der Waals surface area contributed by atoms with Crippen molar-refractivity contribution < 1.29 is 4.79 Å². The smallest absolute Gasteiger partial charge is 0.219 e. The molecular formula is C8H16N2O. The Morgan fingerprint density at radius 1 is 1.45 bits per heavy atom. The van der Waals surface area contributed by atoms with E-state index in [2.05, 4.69) is 13.8 Å². The van der Waals surface area contributed by atoms with Crippen LogP contribution >= 0.6 is 0 Å². The molecule has 0 aromatic heterocycles. The Morgan fingerprint density at radius 3 is 2.09 bits per heavy atom. The van der Waals surface area contributed by atoms with E-state index in [9.17, 15) is 4.79 Å². The zero-order chi connectivity index (χ0) is 8.70. The van der Waals surface area contributed by atoms with Crippen LogP contribution in [0.1, 0.15) is 33.1 Å². The van der Waals surface area contributed by atoms with Crippen molar-refractivity contribution in [3.05, 3.63) is 0 Å². The highest BCUT2D eigenvalue weighted by Crippen LogP contribution is 2.49. The van der Waals surface area contributed by atoms with E-state index in [1.165, 1.54) is 0 Å². The lowest BCUT2D eigenvalue weighted by Gasteiger charge is -2.53. The third-order valence-electron chi connectivity index (χ3n) is 3.03. The highest BCUT2D eigenvalue weighted by Gasteiger charge is 2.50. The molecule has 0 spiro atoms. The minimum absolute atomic E-state index is 0.0853. The van der Waals surface area contributed by atoms with Crippen molar-refractivity contribution >= 4 is 5.91 Å². The summed E-state index contributed by atoms with van der Waals surface area (Å²) in [5, 5.41) is 0. The van der Waals surface area contributed by atoms with Gasteiger partial charge in [0.05, 0.1) is 0 Å². The van der Waals surface area contributed by atoms with Crippen molar-refractivity contribution in [3.63, 3.8) is 0 Å². The number of primary amides is 1.